The molecule has 10 aromatic rings. The van der Waals surface area contributed by atoms with Crippen LogP contribution in [0.5, 0.6) is 0 Å². The van der Waals surface area contributed by atoms with E-state index in [-0.39, 0.29) is 5.92 Å². The summed E-state index contributed by atoms with van der Waals surface area (Å²) in [5.41, 5.74) is 9.33. The van der Waals surface area contributed by atoms with Gasteiger partial charge < -0.3 is 8.82 Å². The molecule has 0 spiro atoms. The van der Waals surface area contributed by atoms with Gasteiger partial charge in [0.15, 0.2) is 0 Å². The van der Waals surface area contributed by atoms with Gasteiger partial charge in [0.05, 0.1) is 22.1 Å². The minimum Gasteiger partial charge on any atom is -0.455 e. The van der Waals surface area contributed by atoms with Gasteiger partial charge in [0.1, 0.15) is 11.2 Å². The zero-order valence-electron chi connectivity index (χ0n) is 23.7. The summed E-state index contributed by atoms with van der Waals surface area (Å²) in [6.07, 6.45) is 3.41. The van der Waals surface area contributed by atoms with Crippen LogP contribution in [0.15, 0.2) is 126 Å². The molecule has 0 aliphatic heterocycles. The normalized spacial score (nSPS) is 15.1. The van der Waals surface area contributed by atoms with Crippen LogP contribution in [-0.4, -0.2) is 9.38 Å². The Bertz CT molecular complexity index is 2920. The highest BCUT2D eigenvalue weighted by Crippen LogP contribution is 2.39. The van der Waals surface area contributed by atoms with Crippen LogP contribution in [0.25, 0.3) is 87.8 Å². The summed E-state index contributed by atoms with van der Waals surface area (Å²) in [6.45, 7) is 0. The zero-order valence-corrected chi connectivity index (χ0v) is 23.7. The van der Waals surface area contributed by atoms with Gasteiger partial charge in [-0.25, -0.2) is 0 Å². The van der Waals surface area contributed by atoms with Crippen LogP contribution in [0.2, 0.25) is 0 Å². The van der Waals surface area contributed by atoms with E-state index in [0.717, 1.165) is 55.7 Å². The summed E-state index contributed by atoms with van der Waals surface area (Å²) in [5, 5.41) is 12.3. The quantitative estimate of drug-likeness (QED) is 0.187. The van der Waals surface area contributed by atoms with Gasteiger partial charge in [0.2, 0.25) is 0 Å². The van der Waals surface area contributed by atoms with Crippen LogP contribution < -0.4 is 5.22 Å². The average Bonchev–Trinajstić information content (AvgIpc) is 3.62. The third-order valence-electron chi connectivity index (χ3n) is 10.0. The molecular weight excluding hydrogens is 536 g/mol. The molecule has 3 heteroatoms. The summed E-state index contributed by atoms with van der Waals surface area (Å²) in [4.78, 5) is 5.33. The van der Waals surface area contributed by atoms with Crippen molar-refractivity contribution in [1.82, 2.24) is 9.38 Å². The van der Waals surface area contributed by atoms with Crippen LogP contribution >= 0.6 is 0 Å². The molecule has 6 aromatic carbocycles. The van der Waals surface area contributed by atoms with E-state index >= 15 is 0 Å². The van der Waals surface area contributed by atoms with Crippen LogP contribution in [0.3, 0.4) is 0 Å². The van der Waals surface area contributed by atoms with Crippen molar-refractivity contribution < 1.29 is 4.42 Å². The molecule has 0 fully saturated rings. The van der Waals surface area contributed by atoms with Crippen molar-refractivity contribution in [3.05, 3.63) is 138 Å². The highest BCUT2D eigenvalue weighted by molar-refractivity contribution is 6.17. The first kappa shape index (κ1) is 22.9. The number of fused-ring (bicyclic) bond motifs is 11. The number of benzene rings is 6. The third kappa shape index (κ3) is 2.84. The molecule has 11 rings (SSSR count). The first-order chi connectivity index (χ1) is 21.8. The Morgan fingerprint density at radius 2 is 1.41 bits per heavy atom. The van der Waals surface area contributed by atoms with Crippen molar-refractivity contribution in [2.24, 2.45) is 0 Å². The lowest BCUT2D eigenvalue weighted by Gasteiger charge is -2.20. The van der Waals surface area contributed by atoms with Gasteiger partial charge in [-0.2, -0.15) is 0 Å². The second-order valence-electron chi connectivity index (χ2n) is 12.3. The molecule has 0 bridgehead atoms. The fourth-order valence-corrected chi connectivity index (χ4v) is 8.09. The fourth-order valence-electron chi connectivity index (χ4n) is 8.09. The number of nitrogens with zero attached hydrogens (tertiary/aromatic N) is 2. The summed E-state index contributed by atoms with van der Waals surface area (Å²) in [6, 6.07) is 43.9. The molecule has 0 N–H and O–H groups in total. The Balaban J connectivity index is 1.16. The number of aromatic nitrogens is 2. The highest BCUT2D eigenvalue weighted by Gasteiger charge is 2.25. The van der Waals surface area contributed by atoms with Crippen molar-refractivity contribution >= 4 is 87.8 Å². The van der Waals surface area contributed by atoms with Crippen molar-refractivity contribution in [3.8, 4) is 0 Å². The van der Waals surface area contributed by atoms with Gasteiger partial charge in [-0.1, -0.05) is 84.9 Å². The van der Waals surface area contributed by atoms with Gasteiger partial charge in [-0.3, -0.25) is 4.98 Å². The average molecular weight is 561 g/mol. The second-order valence-corrected chi connectivity index (χ2v) is 12.3. The molecule has 4 aromatic heterocycles. The lowest BCUT2D eigenvalue weighted by atomic mass is 9.87. The smallest absolute Gasteiger partial charge is 0.143 e. The highest BCUT2D eigenvalue weighted by atomic mass is 16.3. The molecular formula is C41H24N2O. The summed E-state index contributed by atoms with van der Waals surface area (Å²) in [7, 11) is 0. The van der Waals surface area contributed by atoms with E-state index in [4.69, 9.17) is 9.40 Å². The van der Waals surface area contributed by atoms with E-state index in [1.165, 1.54) is 48.9 Å². The van der Waals surface area contributed by atoms with Gasteiger partial charge >= 0.3 is 0 Å². The van der Waals surface area contributed by atoms with Gasteiger partial charge in [0, 0.05) is 49.1 Å². The maximum Gasteiger partial charge on any atom is 0.143 e. The Morgan fingerprint density at radius 1 is 0.614 bits per heavy atom. The summed E-state index contributed by atoms with van der Waals surface area (Å²) >= 11 is 0. The van der Waals surface area contributed by atoms with Gasteiger partial charge in [-0.05, 0) is 70.6 Å². The molecule has 1 atom stereocenters. The lowest BCUT2D eigenvalue weighted by Crippen LogP contribution is -2.18. The largest absolute Gasteiger partial charge is 0.455 e. The number of hydrogen-bond donors (Lipinski definition) is 0. The predicted octanol–water partition coefficient (Wildman–Crippen LogP) is 9.84. The van der Waals surface area contributed by atoms with Gasteiger partial charge in [-0.15, -0.1) is 0 Å². The molecule has 0 amide bonds. The minimum absolute atomic E-state index is 0.176. The van der Waals surface area contributed by atoms with Crippen molar-refractivity contribution in [2.75, 3.05) is 0 Å². The van der Waals surface area contributed by atoms with E-state index in [9.17, 15) is 0 Å². The SMILES string of the molecule is C1=c2c3cccc4cccc(c43)n3c2c(c2ccccc23)CC1c1ccc2cc3c(ccc4c5ccccc5oc34)cc2n1. The van der Waals surface area contributed by atoms with Crippen LogP contribution in [-0.2, 0) is 6.42 Å². The summed E-state index contributed by atoms with van der Waals surface area (Å²) in [5.74, 6) is 0.176. The zero-order chi connectivity index (χ0) is 28.5. The fraction of sp³-hybridized carbons (Fsp3) is 0.0488. The number of hydrogen-bond acceptors (Lipinski definition) is 2. The molecule has 0 radical (unpaired) electrons. The Hall–Kier alpha value is -5.67. The second kappa shape index (κ2) is 8.03. The molecule has 204 valence electrons. The van der Waals surface area contributed by atoms with E-state index in [1.54, 1.807) is 0 Å². The Labute approximate surface area is 251 Å². The van der Waals surface area contributed by atoms with E-state index in [0.29, 0.717) is 0 Å². The van der Waals surface area contributed by atoms with E-state index < -0.39 is 0 Å². The third-order valence-corrected chi connectivity index (χ3v) is 10.0. The molecule has 0 saturated heterocycles. The molecule has 1 unspecified atom stereocenters. The number of rotatable bonds is 1. The molecule has 1 aliphatic carbocycles. The molecule has 3 nitrogen and oxygen atoms in total. The van der Waals surface area contributed by atoms with Crippen molar-refractivity contribution in [3.63, 3.8) is 0 Å². The molecule has 44 heavy (non-hydrogen) atoms. The monoisotopic (exact) mass is 560 g/mol. The molecule has 0 saturated carbocycles. The van der Waals surface area contributed by atoms with Crippen LogP contribution in [0.1, 0.15) is 17.2 Å². The Morgan fingerprint density at radius 3 is 2.36 bits per heavy atom. The number of furan rings is 1. The maximum absolute atomic E-state index is 6.35. The minimum atomic E-state index is 0.176. The topological polar surface area (TPSA) is 30.4 Å². The molecule has 4 heterocycles. The van der Waals surface area contributed by atoms with Crippen molar-refractivity contribution in [1.29, 1.82) is 0 Å². The first-order valence-corrected chi connectivity index (χ1v) is 15.3. The number of pyridine rings is 2. The summed E-state index contributed by atoms with van der Waals surface area (Å²) < 4.78 is 8.85. The van der Waals surface area contributed by atoms with Crippen LogP contribution in [0.4, 0.5) is 0 Å². The van der Waals surface area contributed by atoms with Crippen molar-refractivity contribution in [2.45, 2.75) is 12.3 Å². The van der Waals surface area contributed by atoms with E-state index in [1.807, 2.05) is 12.1 Å². The predicted molar refractivity (Wildman–Crippen MR) is 183 cm³/mol. The van der Waals surface area contributed by atoms with Crippen LogP contribution in [0, 0.1) is 0 Å². The van der Waals surface area contributed by atoms with Gasteiger partial charge in [0.25, 0.3) is 0 Å². The standard InChI is InChI=1S/C41H24N2O/c1-3-12-36-27(9-1)32-20-26(21-33-29-11-5-7-23-8-6-13-37(39(23)29)43(36)40(32)33)34-18-16-25-19-31-24(22-35(25)42-34)15-17-30-28-10-2-4-14-38(28)44-41(30)31/h1-19,21-22,26H,20H2. The Kier molecular flexibility index (Phi) is 4.17. The maximum atomic E-state index is 6.35. The first-order valence-electron chi connectivity index (χ1n) is 15.3. The lowest BCUT2D eigenvalue weighted by molar-refractivity contribution is 0.672. The number of para-hydroxylation sites is 2. The van der Waals surface area contributed by atoms with E-state index in [2.05, 4.69) is 120 Å². The molecule has 1 aliphatic rings.